The average Bonchev–Trinajstić information content (AvgIpc) is 2.29. The second-order valence-corrected chi connectivity index (χ2v) is 4.05. The first kappa shape index (κ1) is 11.7. The summed E-state index contributed by atoms with van der Waals surface area (Å²) in [5.74, 6) is -1.21. The molecule has 17 heavy (non-hydrogen) atoms. The molecule has 2 rings (SSSR count). The van der Waals surface area contributed by atoms with Gasteiger partial charge in [-0.25, -0.2) is 8.78 Å². The molecule has 2 aromatic carbocycles. The van der Waals surface area contributed by atoms with Crippen LogP contribution in [0, 0.1) is 18.6 Å². The minimum Gasteiger partial charge on any atom is -0.320 e. The average molecular weight is 233 g/mol. The Balaban J connectivity index is 2.36. The fourth-order valence-electron chi connectivity index (χ4n) is 1.71. The summed E-state index contributed by atoms with van der Waals surface area (Å²) in [5, 5.41) is 0. The monoisotopic (exact) mass is 233 g/mol. The molecule has 2 aromatic rings. The highest BCUT2D eigenvalue weighted by molar-refractivity contribution is 5.33. The van der Waals surface area contributed by atoms with Gasteiger partial charge >= 0.3 is 0 Å². The quantitative estimate of drug-likeness (QED) is 0.846. The Morgan fingerprint density at radius 2 is 1.65 bits per heavy atom. The standard InChI is InChI=1S/C14H13F2N/c1-9-2-4-10(5-3-9)14(17)12-7-6-11(15)8-13(12)16/h2-8,14H,17H2,1H3. The lowest BCUT2D eigenvalue weighted by Crippen LogP contribution is -2.13. The van der Waals surface area contributed by atoms with Crippen LogP contribution in [0.25, 0.3) is 0 Å². The van der Waals surface area contributed by atoms with Gasteiger partial charge in [0.25, 0.3) is 0 Å². The van der Waals surface area contributed by atoms with E-state index in [1.165, 1.54) is 12.1 Å². The first-order valence-corrected chi connectivity index (χ1v) is 5.35. The van der Waals surface area contributed by atoms with Crippen molar-refractivity contribution >= 4 is 0 Å². The van der Waals surface area contributed by atoms with Crippen molar-refractivity contribution in [2.75, 3.05) is 0 Å². The lowest BCUT2D eigenvalue weighted by Gasteiger charge is -2.13. The largest absolute Gasteiger partial charge is 0.320 e. The summed E-state index contributed by atoms with van der Waals surface area (Å²) in [6, 6.07) is 10.4. The zero-order chi connectivity index (χ0) is 12.4. The SMILES string of the molecule is Cc1ccc(C(N)c2ccc(F)cc2F)cc1. The molecule has 2 N–H and O–H groups in total. The predicted octanol–water partition coefficient (Wildman–Crippen LogP) is 3.32. The minimum atomic E-state index is -0.613. The third-order valence-corrected chi connectivity index (χ3v) is 2.73. The van der Waals surface area contributed by atoms with Gasteiger partial charge in [-0.15, -0.1) is 0 Å². The Morgan fingerprint density at radius 3 is 2.24 bits per heavy atom. The van der Waals surface area contributed by atoms with Crippen LogP contribution in [0.3, 0.4) is 0 Å². The molecule has 0 fully saturated rings. The van der Waals surface area contributed by atoms with Gasteiger partial charge in [0.2, 0.25) is 0 Å². The van der Waals surface area contributed by atoms with Crippen LogP contribution in [0.5, 0.6) is 0 Å². The van der Waals surface area contributed by atoms with E-state index in [4.69, 9.17) is 5.73 Å². The molecule has 0 aliphatic rings. The van der Waals surface area contributed by atoms with Gasteiger partial charge < -0.3 is 5.73 Å². The second kappa shape index (κ2) is 4.63. The van der Waals surface area contributed by atoms with Crippen LogP contribution in [-0.4, -0.2) is 0 Å². The van der Waals surface area contributed by atoms with Gasteiger partial charge in [0, 0.05) is 11.6 Å². The molecule has 88 valence electrons. The molecule has 0 radical (unpaired) electrons. The number of aryl methyl sites for hydroxylation is 1. The van der Waals surface area contributed by atoms with Gasteiger partial charge in [0.05, 0.1) is 6.04 Å². The van der Waals surface area contributed by atoms with Crippen LogP contribution in [0.4, 0.5) is 8.78 Å². The van der Waals surface area contributed by atoms with Crippen LogP contribution in [-0.2, 0) is 0 Å². The van der Waals surface area contributed by atoms with E-state index in [0.717, 1.165) is 17.2 Å². The first-order valence-electron chi connectivity index (χ1n) is 5.35. The summed E-state index contributed by atoms with van der Waals surface area (Å²) < 4.78 is 26.3. The third-order valence-electron chi connectivity index (χ3n) is 2.73. The van der Waals surface area contributed by atoms with Crippen molar-refractivity contribution in [3.8, 4) is 0 Å². The number of nitrogens with two attached hydrogens (primary N) is 1. The Bertz CT molecular complexity index is 520. The lowest BCUT2D eigenvalue weighted by atomic mass is 9.98. The molecule has 0 amide bonds. The highest BCUT2D eigenvalue weighted by Crippen LogP contribution is 2.22. The molecule has 0 aliphatic heterocycles. The van der Waals surface area contributed by atoms with E-state index in [2.05, 4.69) is 0 Å². The molecular weight excluding hydrogens is 220 g/mol. The van der Waals surface area contributed by atoms with Crippen molar-refractivity contribution in [1.82, 2.24) is 0 Å². The highest BCUT2D eigenvalue weighted by Gasteiger charge is 2.13. The van der Waals surface area contributed by atoms with Gasteiger partial charge in [-0.1, -0.05) is 35.9 Å². The Morgan fingerprint density at radius 1 is 1.00 bits per heavy atom. The van der Waals surface area contributed by atoms with Crippen LogP contribution >= 0.6 is 0 Å². The smallest absolute Gasteiger partial charge is 0.131 e. The van der Waals surface area contributed by atoms with Crippen molar-refractivity contribution in [2.24, 2.45) is 5.73 Å². The van der Waals surface area contributed by atoms with Gasteiger partial charge in [0.15, 0.2) is 0 Å². The zero-order valence-corrected chi connectivity index (χ0v) is 9.45. The van der Waals surface area contributed by atoms with E-state index in [1.54, 1.807) is 0 Å². The fourth-order valence-corrected chi connectivity index (χ4v) is 1.71. The number of halogens is 2. The molecule has 0 aliphatic carbocycles. The van der Waals surface area contributed by atoms with Gasteiger partial charge in [-0.05, 0) is 18.6 Å². The maximum Gasteiger partial charge on any atom is 0.131 e. The normalized spacial score (nSPS) is 12.5. The van der Waals surface area contributed by atoms with E-state index >= 15 is 0 Å². The van der Waals surface area contributed by atoms with Crippen LogP contribution in [0.15, 0.2) is 42.5 Å². The van der Waals surface area contributed by atoms with Gasteiger partial charge in [-0.3, -0.25) is 0 Å². The summed E-state index contributed by atoms with van der Waals surface area (Å²) in [5.41, 5.74) is 8.17. The lowest BCUT2D eigenvalue weighted by molar-refractivity contribution is 0.566. The maximum absolute atomic E-state index is 13.5. The Kier molecular flexibility index (Phi) is 3.20. The van der Waals surface area contributed by atoms with Crippen molar-refractivity contribution in [2.45, 2.75) is 13.0 Å². The topological polar surface area (TPSA) is 26.0 Å². The summed E-state index contributed by atoms with van der Waals surface area (Å²) in [6.45, 7) is 1.97. The van der Waals surface area contributed by atoms with Crippen molar-refractivity contribution < 1.29 is 8.78 Å². The third kappa shape index (κ3) is 2.50. The molecular formula is C14H13F2N. The van der Waals surface area contributed by atoms with Crippen LogP contribution < -0.4 is 5.73 Å². The van der Waals surface area contributed by atoms with Crippen LogP contribution in [0.2, 0.25) is 0 Å². The minimum absolute atomic E-state index is 0.301. The Labute approximate surface area is 98.9 Å². The van der Waals surface area contributed by atoms with Crippen molar-refractivity contribution in [3.05, 3.63) is 70.8 Å². The van der Waals surface area contributed by atoms with Gasteiger partial charge in [-0.2, -0.15) is 0 Å². The predicted molar refractivity (Wildman–Crippen MR) is 63.6 cm³/mol. The molecule has 0 spiro atoms. The Hall–Kier alpha value is -1.74. The highest BCUT2D eigenvalue weighted by atomic mass is 19.1. The fraction of sp³-hybridized carbons (Fsp3) is 0.143. The summed E-state index contributed by atoms with van der Waals surface area (Å²) in [6.07, 6.45) is 0. The first-order chi connectivity index (χ1) is 8.08. The number of hydrogen-bond donors (Lipinski definition) is 1. The molecule has 0 saturated heterocycles. The molecule has 1 nitrogen and oxygen atoms in total. The number of benzene rings is 2. The molecule has 0 aromatic heterocycles. The van der Waals surface area contributed by atoms with Crippen LogP contribution in [0.1, 0.15) is 22.7 Å². The molecule has 3 heteroatoms. The molecule has 1 atom stereocenters. The summed E-state index contributed by atoms with van der Waals surface area (Å²) >= 11 is 0. The maximum atomic E-state index is 13.5. The van der Waals surface area contributed by atoms with E-state index in [0.29, 0.717) is 5.56 Å². The molecule has 0 saturated carbocycles. The van der Waals surface area contributed by atoms with Gasteiger partial charge in [0.1, 0.15) is 11.6 Å². The van der Waals surface area contributed by atoms with E-state index in [9.17, 15) is 8.78 Å². The van der Waals surface area contributed by atoms with E-state index in [-0.39, 0.29) is 0 Å². The number of rotatable bonds is 2. The summed E-state index contributed by atoms with van der Waals surface area (Å²) in [7, 11) is 0. The second-order valence-electron chi connectivity index (χ2n) is 4.05. The van der Waals surface area contributed by atoms with E-state index in [1.807, 2.05) is 31.2 Å². The van der Waals surface area contributed by atoms with Crippen molar-refractivity contribution in [1.29, 1.82) is 0 Å². The number of hydrogen-bond acceptors (Lipinski definition) is 1. The molecule has 1 unspecified atom stereocenters. The molecule has 0 bridgehead atoms. The van der Waals surface area contributed by atoms with E-state index < -0.39 is 17.7 Å². The zero-order valence-electron chi connectivity index (χ0n) is 9.45. The van der Waals surface area contributed by atoms with Crippen molar-refractivity contribution in [3.63, 3.8) is 0 Å². The summed E-state index contributed by atoms with van der Waals surface area (Å²) in [4.78, 5) is 0. The molecule has 0 heterocycles.